The molecule has 0 fully saturated rings. The fourth-order valence-electron chi connectivity index (χ4n) is 2.85. The molecule has 0 bridgehead atoms. The van der Waals surface area contributed by atoms with E-state index in [1.807, 2.05) is 31.2 Å². The Morgan fingerprint density at radius 3 is 2.61 bits per heavy atom. The number of benzene rings is 2. The highest BCUT2D eigenvalue weighted by Crippen LogP contribution is 2.25. The second kappa shape index (κ2) is 5.86. The van der Waals surface area contributed by atoms with E-state index >= 15 is 0 Å². The van der Waals surface area contributed by atoms with Crippen LogP contribution in [0.25, 0.3) is 11.0 Å². The summed E-state index contributed by atoms with van der Waals surface area (Å²) < 4.78 is 2.13. The number of nitriles is 1. The predicted octanol–water partition coefficient (Wildman–Crippen LogP) is 3.59. The van der Waals surface area contributed by atoms with E-state index in [0.717, 1.165) is 22.4 Å². The molecule has 23 heavy (non-hydrogen) atoms. The predicted molar refractivity (Wildman–Crippen MR) is 92.1 cm³/mol. The summed E-state index contributed by atoms with van der Waals surface area (Å²) in [6.07, 6.45) is 0. The van der Waals surface area contributed by atoms with Gasteiger partial charge in [-0.05, 0) is 55.7 Å². The molecule has 0 spiro atoms. The first-order chi connectivity index (χ1) is 11.0. The average Bonchev–Trinajstić information content (AvgIpc) is 2.86. The molecule has 4 nitrogen and oxygen atoms in total. The lowest BCUT2D eigenvalue weighted by atomic mass is 10.1. The Kier molecular flexibility index (Phi) is 3.89. The Balaban J connectivity index is 2.21. The van der Waals surface area contributed by atoms with Gasteiger partial charge in [0.2, 0.25) is 0 Å². The summed E-state index contributed by atoms with van der Waals surface area (Å²) in [5.74, 6) is 0.845. The Hall–Kier alpha value is -2.64. The van der Waals surface area contributed by atoms with Crippen LogP contribution < -0.4 is 5.73 Å². The lowest BCUT2D eigenvalue weighted by Gasteiger charge is -2.13. The Labute approximate surface area is 136 Å². The van der Waals surface area contributed by atoms with Crippen LogP contribution in [-0.2, 0) is 6.54 Å². The molecule has 1 atom stereocenters. The van der Waals surface area contributed by atoms with Gasteiger partial charge >= 0.3 is 0 Å². The van der Waals surface area contributed by atoms with Gasteiger partial charge in [0.05, 0.1) is 35.3 Å². The molecule has 3 aromatic rings. The molecule has 116 valence electrons. The molecule has 0 saturated heterocycles. The normalized spacial score (nSPS) is 12.3. The van der Waals surface area contributed by atoms with Gasteiger partial charge in [-0.1, -0.05) is 18.2 Å². The third kappa shape index (κ3) is 2.71. The zero-order valence-electron chi connectivity index (χ0n) is 13.7. The number of fused-ring (bicyclic) bond motifs is 1. The smallest absolute Gasteiger partial charge is 0.126 e. The molecule has 1 aromatic heterocycles. The van der Waals surface area contributed by atoms with Gasteiger partial charge in [0.25, 0.3) is 0 Å². The molecule has 0 amide bonds. The van der Waals surface area contributed by atoms with Crippen LogP contribution in [0.1, 0.15) is 41.0 Å². The second-order valence-corrected chi connectivity index (χ2v) is 6.04. The van der Waals surface area contributed by atoms with E-state index in [2.05, 4.69) is 36.6 Å². The first-order valence-electron chi connectivity index (χ1n) is 7.72. The van der Waals surface area contributed by atoms with Gasteiger partial charge in [-0.15, -0.1) is 0 Å². The zero-order valence-corrected chi connectivity index (χ0v) is 13.7. The summed E-state index contributed by atoms with van der Waals surface area (Å²) in [6, 6.07) is 14.0. The standard InChI is InChI=1S/C19H20N4/c1-12-8-17-18(9-13(12)2)23(19(22-17)14(3)21)11-16-7-5-4-6-15(16)10-20/h4-9,14H,11,21H2,1-3H3. The highest BCUT2D eigenvalue weighted by Gasteiger charge is 2.16. The van der Waals surface area contributed by atoms with E-state index in [1.165, 1.54) is 11.1 Å². The Morgan fingerprint density at radius 2 is 1.91 bits per heavy atom. The minimum Gasteiger partial charge on any atom is -0.322 e. The molecule has 0 saturated carbocycles. The molecule has 0 aliphatic rings. The quantitative estimate of drug-likeness (QED) is 0.804. The number of nitrogens with two attached hydrogens (primary N) is 1. The van der Waals surface area contributed by atoms with Crippen molar-refractivity contribution >= 4 is 11.0 Å². The van der Waals surface area contributed by atoms with Gasteiger partial charge in [-0.3, -0.25) is 0 Å². The van der Waals surface area contributed by atoms with Crippen molar-refractivity contribution in [3.8, 4) is 6.07 Å². The Morgan fingerprint density at radius 1 is 1.22 bits per heavy atom. The minimum atomic E-state index is -0.169. The monoisotopic (exact) mass is 304 g/mol. The minimum absolute atomic E-state index is 0.169. The average molecular weight is 304 g/mol. The molecule has 0 aliphatic heterocycles. The fourth-order valence-corrected chi connectivity index (χ4v) is 2.85. The van der Waals surface area contributed by atoms with Crippen LogP contribution in [0.3, 0.4) is 0 Å². The topological polar surface area (TPSA) is 67.6 Å². The first kappa shape index (κ1) is 15.3. The van der Waals surface area contributed by atoms with Gasteiger partial charge in [-0.2, -0.15) is 5.26 Å². The van der Waals surface area contributed by atoms with Gasteiger partial charge in [0.1, 0.15) is 5.82 Å². The van der Waals surface area contributed by atoms with Crippen LogP contribution in [0.5, 0.6) is 0 Å². The van der Waals surface area contributed by atoms with Crippen LogP contribution in [0, 0.1) is 25.2 Å². The summed E-state index contributed by atoms with van der Waals surface area (Å²) in [5, 5.41) is 9.32. The van der Waals surface area contributed by atoms with Crippen molar-refractivity contribution in [3.05, 3.63) is 64.5 Å². The summed E-state index contributed by atoms with van der Waals surface area (Å²) in [5.41, 5.74) is 12.3. The highest BCUT2D eigenvalue weighted by molar-refractivity contribution is 5.78. The third-order valence-electron chi connectivity index (χ3n) is 4.27. The number of imidazole rings is 1. The first-order valence-corrected chi connectivity index (χ1v) is 7.72. The van der Waals surface area contributed by atoms with Crippen LogP contribution in [0.15, 0.2) is 36.4 Å². The summed E-state index contributed by atoms with van der Waals surface area (Å²) in [7, 11) is 0. The van der Waals surface area contributed by atoms with E-state index in [1.54, 1.807) is 0 Å². The zero-order chi connectivity index (χ0) is 16.6. The summed E-state index contributed by atoms with van der Waals surface area (Å²) >= 11 is 0. The highest BCUT2D eigenvalue weighted by atomic mass is 15.1. The van der Waals surface area contributed by atoms with Crippen LogP contribution in [-0.4, -0.2) is 9.55 Å². The van der Waals surface area contributed by atoms with E-state index in [0.29, 0.717) is 12.1 Å². The van der Waals surface area contributed by atoms with Crippen molar-refractivity contribution in [3.63, 3.8) is 0 Å². The summed E-state index contributed by atoms with van der Waals surface area (Å²) in [4.78, 5) is 4.72. The van der Waals surface area contributed by atoms with E-state index in [-0.39, 0.29) is 6.04 Å². The SMILES string of the molecule is Cc1cc2nc(C(C)N)n(Cc3ccccc3C#N)c2cc1C. The molecule has 2 N–H and O–H groups in total. The largest absolute Gasteiger partial charge is 0.322 e. The lowest BCUT2D eigenvalue weighted by molar-refractivity contribution is 0.663. The van der Waals surface area contributed by atoms with Crippen molar-refractivity contribution < 1.29 is 0 Å². The van der Waals surface area contributed by atoms with Gasteiger partial charge in [-0.25, -0.2) is 4.98 Å². The number of rotatable bonds is 3. The van der Waals surface area contributed by atoms with Crippen molar-refractivity contribution in [2.24, 2.45) is 5.73 Å². The van der Waals surface area contributed by atoms with E-state index in [9.17, 15) is 5.26 Å². The number of aromatic nitrogens is 2. The molecule has 1 heterocycles. The maximum absolute atomic E-state index is 9.32. The third-order valence-corrected chi connectivity index (χ3v) is 4.27. The van der Waals surface area contributed by atoms with Crippen molar-refractivity contribution in [1.82, 2.24) is 9.55 Å². The second-order valence-electron chi connectivity index (χ2n) is 6.04. The molecular weight excluding hydrogens is 284 g/mol. The van der Waals surface area contributed by atoms with Crippen LogP contribution >= 0.6 is 0 Å². The number of hydrogen-bond acceptors (Lipinski definition) is 3. The maximum Gasteiger partial charge on any atom is 0.126 e. The molecule has 3 rings (SSSR count). The van der Waals surface area contributed by atoms with Gasteiger partial charge in [0.15, 0.2) is 0 Å². The number of hydrogen-bond donors (Lipinski definition) is 1. The molecule has 0 aliphatic carbocycles. The Bertz CT molecular complexity index is 913. The number of nitrogens with zero attached hydrogens (tertiary/aromatic N) is 3. The molecule has 2 aromatic carbocycles. The number of aryl methyl sites for hydroxylation is 2. The van der Waals surface area contributed by atoms with Crippen molar-refractivity contribution in [1.29, 1.82) is 5.26 Å². The van der Waals surface area contributed by atoms with Crippen molar-refractivity contribution in [2.45, 2.75) is 33.4 Å². The molecule has 4 heteroatoms. The van der Waals surface area contributed by atoms with Gasteiger partial charge in [0, 0.05) is 0 Å². The molecular formula is C19H20N4. The fraction of sp³-hybridized carbons (Fsp3) is 0.263. The van der Waals surface area contributed by atoms with Crippen molar-refractivity contribution in [2.75, 3.05) is 0 Å². The van der Waals surface area contributed by atoms with Gasteiger partial charge < -0.3 is 10.3 Å². The van der Waals surface area contributed by atoms with Crippen LogP contribution in [0.4, 0.5) is 0 Å². The molecule has 1 unspecified atom stereocenters. The lowest BCUT2D eigenvalue weighted by Crippen LogP contribution is -2.14. The maximum atomic E-state index is 9.32. The molecule has 0 radical (unpaired) electrons. The van der Waals surface area contributed by atoms with E-state index in [4.69, 9.17) is 10.7 Å². The van der Waals surface area contributed by atoms with E-state index < -0.39 is 0 Å². The summed E-state index contributed by atoms with van der Waals surface area (Å²) in [6.45, 7) is 6.72. The van der Waals surface area contributed by atoms with Crippen LogP contribution in [0.2, 0.25) is 0 Å².